The van der Waals surface area contributed by atoms with Crippen molar-refractivity contribution < 1.29 is 9.53 Å². The van der Waals surface area contributed by atoms with Crippen LogP contribution in [0.15, 0.2) is 30.6 Å². The summed E-state index contributed by atoms with van der Waals surface area (Å²) in [6.07, 6.45) is 3.90. The first-order chi connectivity index (χ1) is 14.4. The number of ether oxygens (including phenoxy) is 1. The maximum absolute atomic E-state index is 13.5. The predicted octanol–water partition coefficient (Wildman–Crippen LogP) is 2.94. The highest BCUT2D eigenvalue weighted by atomic mass is 16.5. The summed E-state index contributed by atoms with van der Waals surface area (Å²) in [6, 6.07) is 8.12. The summed E-state index contributed by atoms with van der Waals surface area (Å²) in [5.74, 6) is 1.90. The molecule has 1 aromatic carbocycles. The molecule has 30 heavy (non-hydrogen) atoms. The standard InChI is InChI=1S/C23H33N5O2/c1-5-30-20-9-7-6-8-18(20)22(29)28-14-19(21-25-24-16-26(21)4)23(15-28)10-12-27(13-11-23)17(2)3/h6-9,16-17,19H,5,10-15H2,1-4H3. The lowest BCUT2D eigenvalue weighted by atomic mass is 9.70. The Bertz CT molecular complexity index is 885. The average Bonchev–Trinajstić information content (AvgIpc) is 3.32. The van der Waals surface area contributed by atoms with Gasteiger partial charge in [-0.15, -0.1) is 10.2 Å². The highest BCUT2D eigenvalue weighted by molar-refractivity contribution is 5.97. The fourth-order valence-corrected chi connectivity index (χ4v) is 5.17. The van der Waals surface area contributed by atoms with Crippen molar-refractivity contribution in [1.82, 2.24) is 24.6 Å². The number of para-hydroxylation sites is 1. The molecule has 0 radical (unpaired) electrons. The van der Waals surface area contributed by atoms with Gasteiger partial charge in [0.25, 0.3) is 5.91 Å². The van der Waals surface area contributed by atoms with E-state index in [1.807, 2.05) is 47.7 Å². The number of hydrogen-bond acceptors (Lipinski definition) is 5. The van der Waals surface area contributed by atoms with E-state index in [9.17, 15) is 4.79 Å². The van der Waals surface area contributed by atoms with Gasteiger partial charge in [0.15, 0.2) is 0 Å². The monoisotopic (exact) mass is 411 g/mol. The highest BCUT2D eigenvalue weighted by Gasteiger charge is 2.51. The second kappa shape index (κ2) is 8.38. The zero-order valence-corrected chi connectivity index (χ0v) is 18.5. The van der Waals surface area contributed by atoms with Crippen molar-refractivity contribution in [2.24, 2.45) is 12.5 Å². The molecule has 7 heteroatoms. The summed E-state index contributed by atoms with van der Waals surface area (Å²) in [6.45, 7) is 10.6. The van der Waals surface area contributed by atoms with E-state index in [1.165, 1.54) is 0 Å². The summed E-state index contributed by atoms with van der Waals surface area (Å²) < 4.78 is 7.75. The Labute approximate surface area is 179 Å². The van der Waals surface area contributed by atoms with Gasteiger partial charge in [0.2, 0.25) is 0 Å². The van der Waals surface area contributed by atoms with Gasteiger partial charge in [0.1, 0.15) is 17.9 Å². The molecule has 2 fully saturated rings. The maximum atomic E-state index is 13.5. The van der Waals surface area contributed by atoms with Crippen LogP contribution in [-0.4, -0.2) is 69.3 Å². The topological polar surface area (TPSA) is 63.5 Å². The van der Waals surface area contributed by atoms with E-state index in [1.54, 1.807) is 6.33 Å². The van der Waals surface area contributed by atoms with E-state index >= 15 is 0 Å². The van der Waals surface area contributed by atoms with Gasteiger partial charge in [0.05, 0.1) is 12.2 Å². The summed E-state index contributed by atoms with van der Waals surface area (Å²) in [4.78, 5) is 18.1. The first kappa shape index (κ1) is 20.8. The van der Waals surface area contributed by atoms with E-state index in [2.05, 4.69) is 28.9 Å². The molecule has 3 heterocycles. The lowest BCUT2D eigenvalue weighted by Gasteiger charge is -2.43. The van der Waals surface area contributed by atoms with Crippen molar-refractivity contribution in [2.75, 3.05) is 32.8 Å². The van der Waals surface area contributed by atoms with Crippen LogP contribution in [0.5, 0.6) is 5.75 Å². The Morgan fingerprint density at radius 2 is 2.00 bits per heavy atom. The van der Waals surface area contributed by atoms with Crippen LogP contribution in [0.1, 0.15) is 55.7 Å². The van der Waals surface area contributed by atoms with Crippen LogP contribution in [0, 0.1) is 5.41 Å². The van der Waals surface area contributed by atoms with Gasteiger partial charge in [-0.25, -0.2) is 0 Å². The number of aromatic nitrogens is 3. The number of benzene rings is 1. The molecule has 1 spiro atoms. The third-order valence-corrected chi connectivity index (χ3v) is 6.93. The maximum Gasteiger partial charge on any atom is 0.257 e. The molecule has 2 saturated heterocycles. The quantitative estimate of drug-likeness (QED) is 0.757. The van der Waals surface area contributed by atoms with Gasteiger partial charge in [-0.3, -0.25) is 4.79 Å². The van der Waals surface area contributed by atoms with Crippen LogP contribution in [-0.2, 0) is 7.05 Å². The van der Waals surface area contributed by atoms with Crippen molar-refractivity contribution in [3.63, 3.8) is 0 Å². The van der Waals surface area contributed by atoms with Gasteiger partial charge in [-0.2, -0.15) is 0 Å². The molecule has 4 rings (SSSR count). The van der Waals surface area contributed by atoms with Crippen molar-refractivity contribution in [3.8, 4) is 5.75 Å². The van der Waals surface area contributed by atoms with Crippen LogP contribution >= 0.6 is 0 Å². The van der Waals surface area contributed by atoms with Gasteiger partial charge < -0.3 is 19.1 Å². The van der Waals surface area contributed by atoms with Crippen LogP contribution < -0.4 is 4.74 Å². The predicted molar refractivity (Wildman–Crippen MR) is 116 cm³/mol. The van der Waals surface area contributed by atoms with Crippen molar-refractivity contribution >= 4 is 5.91 Å². The summed E-state index contributed by atoms with van der Waals surface area (Å²) in [5, 5.41) is 8.58. The minimum absolute atomic E-state index is 0.0440. The highest BCUT2D eigenvalue weighted by Crippen LogP contribution is 2.49. The molecular formula is C23H33N5O2. The Morgan fingerprint density at radius 3 is 2.63 bits per heavy atom. The van der Waals surface area contributed by atoms with E-state index in [0.717, 1.165) is 38.3 Å². The second-order valence-electron chi connectivity index (χ2n) is 8.96. The Morgan fingerprint density at radius 1 is 1.27 bits per heavy atom. The molecule has 0 aliphatic carbocycles. The number of carbonyl (C=O) groups is 1. The molecule has 1 atom stereocenters. The fraction of sp³-hybridized carbons (Fsp3) is 0.609. The van der Waals surface area contributed by atoms with E-state index in [4.69, 9.17) is 4.74 Å². The van der Waals surface area contributed by atoms with Crippen molar-refractivity contribution in [3.05, 3.63) is 42.0 Å². The Balaban J connectivity index is 1.63. The summed E-state index contributed by atoms with van der Waals surface area (Å²) in [7, 11) is 2.00. The molecule has 162 valence electrons. The van der Waals surface area contributed by atoms with E-state index in [0.29, 0.717) is 30.5 Å². The minimum atomic E-state index is 0.0440. The Hall–Kier alpha value is -2.41. The SMILES string of the molecule is CCOc1ccccc1C(=O)N1CC(c2nncn2C)C2(CCN(C(C)C)CC2)C1. The number of rotatable bonds is 5. The minimum Gasteiger partial charge on any atom is -0.493 e. The molecule has 2 aliphatic heterocycles. The van der Waals surface area contributed by atoms with Crippen LogP contribution in [0.3, 0.4) is 0 Å². The molecule has 2 aliphatic rings. The third kappa shape index (κ3) is 3.71. The normalized spacial score (nSPS) is 21.5. The molecular weight excluding hydrogens is 378 g/mol. The van der Waals surface area contributed by atoms with Gasteiger partial charge in [-0.1, -0.05) is 12.1 Å². The largest absolute Gasteiger partial charge is 0.493 e. The third-order valence-electron chi connectivity index (χ3n) is 6.93. The van der Waals surface area contributed by atoms with Gasteiger partial charge >= 0.3 is 0 Å². The van der Waals surface area contributed by atoms with Gasteiger partial charge in [-0.05, 0) is 58.8 Å². The Kier molecular flexibility index (Phi) is 5.82. The molecule has 1 unspecified atom stereocenters. The molecule has 1 amide bonds. The molecule has 2 aromatic rings. The number of likely N-dealkylation sites (tertiary alicyclic amines) is 2. The van der Waals surface area contributed by atoms with Crippen LogP contribution in [0.25, 0.3) is 0 Å². The molecule has 0 N–H and O–H groups in total. The number of amides is 1. The number of hydrogen-bond donors (Lipinski definition) is 0. The number of carbonyl (C=O) groups excluding carboxylic acids is 1. The smallest absolute Gasteiger partial charge is 0.257 e. The molecule has 0 bridgehead atoms. The van der Waals surface area contributed by atoms with E-state index in [-0.39, 0.29) is 17.2 Å². The fourth-order valence-electron chi connectivity index (χ4n) is 5.17. The average molecular weight is 412 g/mol. The number of aryl methyl sites for hydroxylation is 1. The zero-order chi connectivity index (χ0) is 21.3. The summed E-state index contributed by atoms with van der Waals surface area (Å²) >= 11 is 0. The molecule has 7 nitrogen and oxygen atoms in total. The van der Waals surface area contributed by atoms with Crippen LogP contribution in [0.4, 0.5) is 0 Å². The lowest BCUT2D eigenvalue weighted by Crippen LogP contribution is -2.46. The lowest BCUT2D eigenvalue weighted by molar-refractivity contribution is 0.0643. The first-order valence-electron chi connectivity index (χ1n) is 11.0. The number of nitrogens with zero attached hydrogens (tertiary/aromatic N) is 5. The summed E-state index contributed by atoms with van der Waals surface area (Å²) in [5.41, 5.74) is 0.690. The van der Waals surface area contributed by atoms with Crippen molar-refractivity contribution in [1.29, 1.82) is 0 Å². The number of piperidine rings is 1. The van der Waals surface area contributed by atoms with E-state index < -0.39 is 0 Å². The second-order valence-corrected chi connectivity index (χ2v) is 8.96. The van der Waals surface area contributed by atoms with Gasteiger partial charge in [0, 0.05) is 37.5 Å². The molecule has 0 saturated carbocycles. The van der Waals surface area contributed by atoms with Crippen LogP contribution in [0.2, 0.25) is 0 Å². The zero-order valence-electron chi connectivity index (χ0n) is 18.5. The first-order valence-corrected chi connectivity index (χ1v) is 11.0. The van der Waals surface area contributed by atoms with Crippen molar-refractivity contribution in [2.45, 2.75) is 45.6 Å². The molecule has 1 aromatic heterocycles.